The first kappa shape index (κ1) is 19.5. The van der Waals surface area contributed by atoms with Crippen molar-refractivity contribution in [2.24, 2.45) is 0 Å². The number of hydrogen-bond acceptors (Lipinski definition) is 6. The highest BCUT2D eigenvalue weighted by atomic mass is 16.5. The zero-order valence-corrected chi connectivity index (χ0v) is 16.5. The molecule has 0 unspecified atom stereocenters. The molecular weight excluding hydrogens is 356 g/mol. The van der Waals surface area contributed by atoms with Crippen LogP contribution in [0, 0.1) is 0 Å². The number of aromatic nitrogens is 1. The number of para-hydroxylation sites is 1. The van der Waals surface area contributed by atoms with E-state index < -0.39 is 5.97 Å². The second-order valence-electron chi connectivity index (χ2n) is 6.44. The number of nitrogens with zero attached hydrogens (tertiary/aromatic N) is 1. The van der Waals surface area contributed by atoms with Crippen LogP contribution in [-0.4, -0.2) is 30.8 Å². The highest BCUT2D eigenvalue weighted by Crippen LogP contribution is 2.34. The van der Waals surface area contributed by atoms with Gasteiger partial charge in [-0.2, -0.15) is 0 Å². The minimum atomic E-state index is -0.429. The molecular formula is C22H24N2O4. The van der Waals surface area contributed by atoms with Crippen LogP contribution in [0.1, 0.15) is 31.1 Å². The third-order valence-corrected chi connectivity index (χ3v) is 4.07. The van der Waals surface area contributed by atoms with Crippen LogP contribution < -0.4 is 14.8 Å². The number of carbonyl (C=O) groups excluding carboxylic acids is 1. The first-order valence-corrected chi connectivity index (χ1v) is 9.20. The molecule has 0 aliphatic heterocycles. The Kier molecular flexibility index (Phi) is 5.99. The van der Waals surface area contributed by atoms with E-state index in [1.54, 1.807) is 14.0 Å². The monoisotopic (exact) mass is 380 g/mol. The molecule has 0 aliphatic rings. The van der Waals surface area contributed by atoms with Gasteiger partial charge in [0.25, 0.3) is 0 Å². The predicted molar refractivity (Wildman–Crippen MR) is 110 cm³/mol. The number of benzene rings is 2. The average molecular weight is 380 g/mol. The van der Waals surface area contributed by atoms with Crippen molar-refractivity contribution in [2.75, 3.05) is 19.0 Å². The van der Waals surface area contributed by atoms with Crippen LogP contribution >= 0.6 is 0 Å². The predicted octanol–water partition coefficient (Wildman–Crippen LogP) is 4.95. The number of fused-ring (bicyclic) bond motifs is 1. The maximum atomic E-state index is 12.5. The number of nitrogens with one attached hydrogen (secondary N) is 1. The molecule has 6 heteroatoms. The molecule has 0 radical (unpaired) electrons. The molecule has 0 saturated heterocycles. The van der Waals surface area contributed by atoms with Crippen LogP contribution in [-0.2, 0) is 4.74 Å². The van der Waals surface area contributed by atoms with Crippen LogP contribution in [0.5, 0.6) is 11.5 Å². The van der Waals surface area contributed by atoms with Crippen molar-refractivity contribution in [2.45, 2.75) is 26.9 Å². The molecule has 0 amide bonds. The van der Waals surface area contributed by atoms with Gasteiger partial charge in [0.2, 0.25) is 0 Å². The average Bonchev–Trinajstić information content (AvgIpc) is 2.69. The molecule has 2 aromatic carbocycles. The molecule has 0 atom stereocenters. The van der Waals surface area contributed by atoms with Gasteiger partial charge in [-0.15, -0.1) is 0 Å². The maximum absolute atomic E-state index is 12.5. The van der Waals surface area contributed by atoms with E-state index in [1.807, 2.05) is 56.3 Å². The lowest BCUT2D eigenvalue weighted by Gasteiger charge is -2.16. The van der Waals surface area contributed by atoms with Gasteiger partial charge >= 0.3 is 5.97 Å². The number of carbonyl (C=O) groups is 1. The van der Waals surface area contributed by atoms with E-state index in [0.29, 0.717) is 22.5 Å². The molecule has 3 aromatic rings. The largest absolute Gasteiger partial charge is 0.494 e. The summed E-state index contributed by atoms with van der Waals surface area (Å²) < 4.78 is 16.3. The normalized spacial score (nSPS) is 10.8. The van der Waals surface area contributed by atoms with E-state index in [-0.39, 0.29) is 12.7 Å². The molecule has 28 heavy (non-hydrogen) atoms. The minimum absolute atomic E-state index is 0.103. The fourth-order valence-electron chi connectivity index (χ4n) is 2.89. The van der Waals surface area contributed by atoms with E-state index in [9.17, 15) is 4.79 Å². The highest BCUT2D eigenvalue weighted by Gasteiger charge is 2.18. The van der Waals surface area contributed by atoms with E-state index in [0.717, 1.165) is 16.8 Å². The lowest BCUT2D eigenvalue weighted by Crippen LogP contribution is -2.09. The van der Waals surface area contributed by atoms with Gasteiger partial charge in [0.1, 0.15) is 22.6 Å². The van der Waals surface area contributed by atoms with Crippen molar-refractivity contribution in [3.8, 4) is 11.5 Å². The Morgan fingerprint density at radius 1 is 1.14 bits per heavy atom. The van der Waals surface area contributed by atoms with Gasteiger partial charge in [0.15, 0.2) is 0 Å². The van der Waals surface area contributed by atoms with Gasteiger partial charge < -0.3 is 19.5 Å². The number of esters is 1. The Balaban J connectivity index is 2.06. The van der Waals surface area contributed by atoms with Crippen LogP contribution in [0.15, 0.2) is 48.7 Å². The lowest BCUT2D eigenvalue weighted by molar-refractivity contribution is 0.0527. The summed E-state index contributed by atoms with van der Waals surface area (Å²) in [6.07, 6.45) is 1.62. The van der Waals surface area contributed by atoms with E-state index in [4.69, 9.17) is 14.2 Å². The summed E-state index contributed by atoms with van der Waals surface area (Å²) in [7, 11) is 1.59. The third kappa shape index (κ3) is 4.17. The first-order chi connectivity index (χ1) is 13.5. The first-order valence-electron chi connectivity index (χ1n) is 9.20. The Morgan fingerprint density at radius 2 is 1.89 bits per heavy atom. The molecule has 3 rings (SSSR count). The Bertz CT molecular complexity index is 968. The van der Waals surface area contributed by atoms with E-state index >= 15 is 0 Å². The van der Waals surface area contributed by atoms with E-state index in [2.05, 4.69) is 10.3 Å². The van der Waals surface area contributed by atoms with Gasteiger partial charge in [-0.25, -0.2) is 4.79 Å². The number of hydrogen-bond donors (Lipinski definition) is 1. The molecule has 0 spiro atoms. The van der Waals surface area contributed by atoms with Crippen LogP contribution in [0.3, 0.4) is 0 Å². The van der Waals surface area contributed by atoms with E-state index in [1.165, 1.54) is 6.20 Å². The quantitative estimate of drug-likeness (QED) is 0.585. The van der Waals surface area contributed by atoms with Crippen molar-refractivity contribution in [3.63, 3.8) is 0 Å². The smallest absolute Gasteiger partial charge is 0.341 e. The summed E-state index contributed by atoms with van der Waals surface area (Å²) in [5.74, 6) is 0.992. The zero-order valence-electron chi connectivity index (χ0n) is 16.5. The number of anilines is 2. The van der Waals surface area contributed by atoms with Crippen LogP contribution in [0.2, 0.25) is 0 Å². The van der Waals surface area contributed by atoms with Gasteiger partial charge in [-0.05, 0) is 51.1 Å². The molecule has 0 bridgehead atoms. The van der Waals surface area contributed by atoms with Gasteiger partial charge in [-0.3, -0.25) is 4.98 Å². The Morgan fingerprint density at radius 3 is 2.54 bits per heavy atom. The van der Waals surface area contributed by atoms with Crippen LogP contribution in [0.4, 0.5) is 11.4 Å². The summed E-state index contributed by atoms with van der Waals surface area (Å²) >= 11 is 0. The molecule has 6 nitrogen and oxygen atoms in total. The fourth-order valence-corrected chi connectivity index (χ4v) is 2.89. The molecule has 146 valence electrons. The summed E-state index contributed by atoms with van der Waals surface area (Å²) in [4.78, 5) is 16.9. The van der Waals surface area contributed by atoms with Crippen molar-refractivity contribution in [3.05, 3.63) is 54.2 Å². The standard InChI is InChI=1S/C22H24N2O4/c1-5-27-22(25)18-13-23-21-17(7-6-8-19(21)26-4)20(18)24-15-9-11-16(12-10-15)28-14(2)3/h6-14H,5H2,1-4H3,(H,23,24). The maximum Gasteiger partial charge on any atom is 0.341 e. The summed E-state index contributed by atoms with van der Waals surface area (Å²) in [6.45, 7) is 6.02. The van der Waals surface area contributed by atoms with Gasteiger partial charge in [-0.1, -0.05) is 12.1 Å². The molecule has 0 aliphatic carbocycles. The van der Waals surface area contributed by atoms with Crippen molar-refractivity contribution >= 4 is 28.2 Å². The number of pyridine rings is 1. The second-order valence-corrected chi connectivity index (χ2v) is 6.44. The summed E-state index contributed by atoms with van der Waals surface area (Å²) in [5.41, 5.74) is 2.47. The fraction of sp³-hybridized carbons (Fsp3) is 0.273. The van der Waals surface area contributed by atoms with Gasteiger partial charge in [0.05, 0.1) is 25.5 Å². The Hall–Kier alpha value is -3.28. The van der Waals surface area contributed by atoms with Gasteiger partial charge in [0, 0.05) is 17.3 Å². The second kappa shape index (κ2) is 8.61. The van der Waals surface area contributed by atoms with Crippen molar-refractivity contribution in [1.82, 2.24) is 4.98 Å². The van der Waals surface area contributed by atoms with Crippen molar-refractivity contribution in [1.29, 1.82) is 0 Å². The molecule has 1 heterocycles. The zero-order chi connectivity index (χ0) is 20.1. The molecule has 1 aromatic heterocycles. The summed E-state index contributed by atoms with van der Waals surface area (Å²) in [6, 6.07) is 13.2. The summed E-state index contributed by atoms with van der Waals surface area (Å²) in [5, 5.41) is 4.11. The topological polar surface area (TPSA) is 69.7 Å². The Labute approximate surface area is 164 Å². The highest BCUT2D eigenvalue weighted by molar-refractivity contribution is 6.07. The minimum Gasteiger partial charge on any atom is -0.494 e. The van der Waals surface area contributed by atoms with Crippen LogP contribution in [0.25, 0.3) is 10.9 Å². The molecule has 0 saturated carbocycles. The number of ether oxygens (including phenoxy) is 3. The SMILES string of the molecule is CCOC(=O)c1cnc2c(OC)cccc2c1Nc1ccc(OC(C)C)cc1. The molecule has 0 fully saturated rings. The third-order valence-electron chi connectivity index (χ3n) is 4.07. The number of rotatable bonds is 7. The van der Waals surface area contributed by atoms with Crippen molar-refractivity contribution < 1.29 is 19.0 Å². The molecule has 1 N–H and O–H groups in total. The lowest BCUT2D eigenvalue weighted by atomic mass is 10.1. The number of methoxy groups -OCH3 is 1.